The predicted molar refractivity (Wildman–Crippen MR) is 546 cm³/mol. The molecule has 0 amide bonds. The van der Waals surface area contributed by atoms with Gasteiger partial charge in [0, 0.05) is 35.4 Å². The van der Waals surface area contributed by atoms with Gasteiger partial charge in [-0.15, -0.1) is 0 Å². The average molecular weight is 1850 g/mol. The number of benzene rings is 9. The zero-order valence-electron chi connectivity index (χ0n) is 81.7. The highest BCUT2D eigenvalue weighted by Gasteiger charge is 2.32. The van der Waals surface area contributed by atoms with Crippen LogP contribution in [0.4, 0.5) is 0 Å². The van der Waals surface area contributed by atoms with E-state index in [0.29, 0.717) is 75.9 Å². The molecule has 3 saturated carbocycles. The van der Waals surface area contributed by atoms with Gasteiger partial charge in [0.15, 0.2) is 0 Å². The van der Waals surface area contributed by atoms with Crippen molar-refractivity contribution in [3.8, 4) is 46.0 Å². The summed E-state index contributed by atoms with van der Waals surface area (Å²) in [4.78, 5) is 94.8. The van der Waals surface area contributed by atoms with Gasteiger partial charge in [0.1, 0.15) is 29.1 Å². The SMILES string of the molecule is C=CC(=O)OC1CCC(c2ccc(C#Cc3ccc4c(c3)Cc3cc(CCC)ccc3-4)cc2)CC1.C=CC(=O)OCCCCCCc1ccc(C(=O)Oc2ccc(OC(=O)c3ccc(CCCCCCOC(=O)C=C)cc3)c(C)c2)cc1.C=CC(=O)Oc1ccc(C2CCC(C3CCC(CCC)CC3)CC2)cc1.CCCCCCC(C)OC(=O)c1ccc(OC(=O)c2ccc(CCC)cc2)cc1. The van der Waals surface area contributed by atoms with E-state index in [1.165, 1.54) is 159 Å². The van der Waals surface area contributed by atoms with Gasteiger partial charge in [0.25, 0.3) is 0 Å². The fraction of sp³-hybridized carbons (Fsp3) is 0.405. The Bertz CT molecular complexity index is 5430. The van der Waals surface area contributed by atoms with E-state index in [0.717, 1.165) is 168 Å². The molecule has 13 rings (SSSR count). The number of esters is 8. The van der Waals surface area contributed by atoms with E-state index < -0.39 is 35.8 Å². The number of hydrogen-bond donors (Lipinski definition) is 0. The summed E-state index contributed by atoms with van der Waals surface area (Å²) in [6.07, 6.45) is 43.0. The Balaban J connectivity index is 0.000000193. The van der Waals surface area contributed by atoms with Crippen molar-refractivity contribution in [3.05, 3.63) is 334 Å². The van der Waals surface area contributed by atoms with Crippen LogP contribution < -0.4 is 18.9 Å². The van der Waals surface area contributed by atoms with Gasteiger partial charge in [-0.1, -0.05) is 234 Å². The number of carbonyl (C=O) groups is 8. The molecule has 0 heterocycles. The van der Waals surface area contributed by atoms with Crippen molar-refractivity contribution in [2.75, 3.05) is 13.2 Å². The molecule has 0 aliphatic heterocycles. The molecule has 722 valence electrons. The first-order chi connectivity index (χ1) is 66.6. The second-order valence-electron chi connectivity index (χ2n) is 36.8. The van der Waals surface area contributed by atoms with Crippen LogP contribution in [-0.4, -0.2) is 73.2 Å². The van der Waals surface area contributed by atoms with Gasteiger partial charge in [-0.3, -0.25) is 0 Å². The summed E-state index contributed by atoms with van der Waals surface area (Å²) in [5.41, 5.74) is 17.8. The maximum absolute atomic E-state index is 12.8. The Hall–Kier alpha value is -12.7. The number of fused-ring (bicyclic) bond motifs is 3. The first-order valence-corrected chi connectivity index (χ1v) is 50.2. The Kier molecular flexibility index (Phi) is 45.0. The van der Waals surface area contributed by atoms with E-state index in [1.54, 1.807) is 85.8 Å². The Morgan fingerprint density at radius 2 is 0.788 bits per heavy atom. The third kappa shape index (κ3) is 36.0. The van der Waals surface area contributed by atoms with Crippen LogP contribution in [0.15, 0.2) is 251 Å². The minimum atomic E-state index is -0.469. The Morgan fingerprint density at radius 1 is 0.365 bits per heavy atom. The van der Waals surface area contributed by atoms with Crippen molar-refractivity contribution in [2.45, 2.75) is 284 Å². The zero-order valence-corrected chi connectivity index (χ0v) is 81.7. The van der Waals surface area contributed by atoms with Crippen molar-refractivity contribution >= 4 is 47.8 Å². The molecule has 0 bridgehead atoms. The van der Waals surface area contributed by atoms with Crippen LogP contribution in [-0.2, 0) is 70.2 Å². The lowest BCUT2D eigenvalue weighted by atomic mass is 9.68. The third-order valence-corrected chi connectivity index (χ3v) is 26.4. The Morgan fingerprint density at radius 3 is 1.31 bits per heavy atom. The van der Waals surface area contributed by atoms with Gasteiger partial charge in [-0.2, -0.15) is 0 Å². The molecule has 137 heavy (non-hydrogen) atoms. The average Bonchev–Trinajstić information content (AvgIpc) is 1.63. The minimum absolute atomic E-state index is 0.0281. The molecule has 0 aromatic heterocycles. The molecule has 4 aliphatic rings. The lowest BCUT2D eigenvalue weighted by Gasteiger charge is -2.38. The van der Waals surface area contributed by atoms with E-state index in [9.17, 15) is 38.4 Å². The van der Waals surface area contributed by atoms with Crippen molar-refractivity contribution in [1.29, 1.82) is 0 Å². The summed E-state index contributed by atoms with van der Waals surface area (Å²) in [6, 6.07) is 63.9. The molecule has 1 atom stereocenters. The molecule has 9 aromatic rings. The molecule has 0 N–H and O–H groups in total. The van der Waals surface area contributed by atoms with Crippen molar-refractivity contribution in [3.63, 3.8) is 0 Å². The van der Waals surface area contributed by atoms with Crippen LogP contribution in [0.1, 0.15) is 335 Å². The number of rotatable bonds is 42. The number of hydrogen-bond acceptors (Lipinski definition) is 16. The zero-order chi connectivity index (χ0) is 97.5. The maximum Gasteiger partial charge on any atom is 0.343 e. The first-order valence-electron chi connectivity index (χ1n) is 50.2. The highest BCUT2D eigenvalue weighted by atomic mass is 16.6. The van der Waals surface area contributed by atoms with Gasteiger partial charge in [-0.25, -0.2) is 38.4 Å². The summed E-state index contributed by atoms with van der Waals surface area (Å²) < 4.78 is 42.6. The van der Waals surface area contributed by atoms with Crippen molar-refractivity contribution in [1.82, 2.24) is 0 Å². The molecule has 4 aliphatic carbocycles. The monoisotopic (exact) mass is 1850 g/mol. The minimum Gasteiger partial charge on any atom is -0.463 e. The van der Waals surface area contributed by atoms with Gasteiger partial charge in [0.05, 0.1) is 41.6 Å². The van der Waals surface area contributed by atoms with E-state index in [1.807, 2.05) is 55.5 Å². The van der Waals surface area contributed by atoms with Crippen LogP contribution >= 0.6 is 0 Å². The highest BCUT2D eigenvalue weighted by Crippen LogP contribution is 2.46. The number of carbonyl (C=O) groups excluding carboxylic acids is 8. The third-order valence-electron chi connectivity index (χ3n) is 26.4. The molecule has 1 unspecified atom stereocenters. The van der Waals surface area contributed by atoms with E-state index in [-0.39, 0.29) is 24.1 Å². The largest absolute Gasteiger partial charge is 0.463 e. The second-order valence-corrected chi connectivity index (χ2v) is 36.8. The summed E-state index contributed by atoms with van der Waals surface area (Å²) in [5, 5.41) is 0. The van der Waals surface area contributed by atoms with Crippen molar-refractivity contribution < 1.29 is 76.3 Å². The predicted octanol–water partition coefficient (Wildman–Crippen LogP) is 28.5. The standard InChI is InChI=1S/C39H44O8.C33H32O2.C25H32O4.C24H34O2/c1-4-36(40)44-26-12-8-6-10-14-30-16-20-32(21-17-30)38(42)46-34-24-25-35(29(3)28-34)47-39(43)33-22-18-31(19-23-33)15-11-7-9-13-27-45-37(41)5-2;1-3-5-24-10-18-31-28(20-24)22-29-21-25(11-19-32(29)31)7-6-23-8-12-26(13-9-23)27-14-16-30(17-15-27)35-33(34)4-2;1-4-6-7-8-10-19(3)28-24(26)22-15-17-23(18-16-22)29-25(27)21-13-11-20(9-5-2)12-14-21;1-3-5-18-6-8-19(9-7-18)20-10-12-21(13-11-20)22-14-16-23(17-15-22)26-24(25)4-2/h4-5,16-25,28H,1-2,6-15,26-27H2,3H3;4,8-13,18-21,27,30H,2-3,5,14-17,22H2,1H3;11-19H,4-10H2,1-3H3;4,14-21H,2-3,5-13H2,1H3. The van der Waals surface area contributed by atoms with Gasteiger partial charge < -0.3 is 37.9 Å². The summed E-state index contributed by atoms with van der Waals surface area (Å²) >= 11 is 0. The fourth-order valence-electron chi connectivity index (χ4n) is 18.6. The van der Waals surface area contributed by atoms with Crippen LogP contribution in [0, 0.1) is 36.5 Å². The molecule has 16 heteroatoms. The molecule has 3 fully saturated rings. The molecule has 0 spiro atoms. The quantitative estimate of drug-likeness (QED) is 0.00869. The smallest absolute Gasteiger partial charge is 0.343 e. The van der Waals surface area contributed by atoms with Gasteiger partial charge in [0.2, 0.25) is 0 Å². The molecule has 9 aromatic carbocycles. The molecule has 16 nitrogen and oxygen atoms in total. The topological polar surface area (TPSA) is 210 Å². The van der Waals surface area contributed by atoms with Crippen LogP contribution in [0.5, 0.6) is 23.0 Å². The highest BCUT2D eigenvalue weighted by molar-refractivity contribution is 5.94. The summed E-state index contributed by atoms with van der Waals surface area (Å²) in [5.74, 6) is 9.44. The van der Waals surface area contributed by atoms with Crippen LogP contribution in [0.2, 0.25) is 0 Å². The van der Waals surface area contributed by atoms with Gasteiger partial charge >= 0.3 is 47.8 Å². The Labute approximate surface area is 814 Å². The van der Waals surface area contributed by atoms with Gasteiger partial charge in [-0.05, 0) is 355 Å². The summed E-state index contributed by atoms with van der Waals surface area (Å²) in [6.45, 7) is 27.0. The molecular weight excluding hydrogens is 1710 g/mol. The molecule has 0 radical (unpaired) electrons. The molecule has 0 saturated heterocycles. The van der Waals surface area contributed by atoms with Crippen molar-refractivity contribution in [2.24, 2.45) is 17.8 Å². The van der Waals surface area contributed by atoms with Crippen LogP contribution in [0.3, 0.4) is 0 Å². The molecular formula is C121H142O16. The normalized spacial score (nSPS) is 16.2. The fourth-order valence-corrected chi connectivity index (χ4v) is 18.6. The number of unbranched alkanes of at least 4 members (excludes halogenated alkanes) is 9. The number of aryl methyl sites for hydroxylation is 5. The van der Waals surface area contributed by atoms with E-state index in [4.69, 9.17) is 37.9 Å². The maximum atomic E-state index is 12.8. The second kappa shape index (κ2) is 58.0. The first kappa shape index (κ1) is 106. The van der Waals surface area contributed by atoms with E-state index in [2.05, 4.69) is 139 Å². The number of ether oxygens (including phenoxy) is 8. The lowest BCUT2D eigenvalue weighted by Crippen LogP contribution is -2.25. The van der Waals surface area contributed by atoms with Crippen LogP contribution in [0.25, 0.3) is 11.1 Å². The lowest BCUT2D eigenvalue weighted by molar-refractivity contribution is -0.144. The summed E-state index contributed by atoms with van der Waals surface area (Å²) in [7, 11) is 0. The van der Waals surface area contributed by atoms with E-state index >= 15 is 0 Å².